The molecule has 102 valence electrons. The van der Waals surface area contributed by atoms with Crippen LogP contribution >= 0.6 is 0 Å². The fourth-order valence-electron chi connectivity index (χ4n) is 2.12. The maximum atomic E-state index is 12.5. The summed E-state index contributed by atoms with van der Waals surface area (Å²) in [4.78, 5) is 12.5. The number of ether oxygens (including phenoxy) is 1. The van der Waals surface area contributed by atoms with E-state index in [0.29, 0.717) is 22.9 Å². The van der Waals surface area contributed by atoms with Gasteiger partial charge < -0.3 is 10.5 Å². The standard InChI is InChI=1S/C17H17NO2/c1-11-15(3-2-4-16(11)18)17(19)12-5-7-13(8-6-12)20-14-9-10-14/h2-8,14H,9-10,18H2,1H3. The predicted molar refractivity (Wildman–Crippen MR) is 79.1 cm³/mol. The van der Waals surface area contributed by atoms with Crippen LogP contribution in [0.25, 0.3) is 0 Å². The lowest BCUT2D eigenvalue weighted by Gasteiger charge is -2.08. The zero-order valence-corrected chi connectivity index (χ0v) is 11.4. The third-order valence-corrected chi connectivity index (χ3v) is 3.56. The van der Waals surface area contributed by atoms with Crippen LogP contribution in [-0.2, 0) is 0 Å². The van der Waals surface area contributed by atoms with Crippen molar-refractivity contribution in [2.45, 2.75) is 25.9 Å². The zero-order chi connectivity index (χ0) is 14.1. The highest BCUT2D eigenvalue weighted by Crippen LogP contribution is 2.27. The summed E-state index contributed by atoms with van der Waals surface area (Å²) in [6, 6.07) is 12.7. The molecule has 0 atom stereocenters. The van der Waals surface area contributed by atoms with E-state index in [2.05, 4.69) is 0 Å². The lowest BCUT2D eigenvalue weighted by Crippen LogP contribution is -2.05. The first-order valence-electron chi connectivity index (χ1n) is 6.81. The van der Waals surface area contributed by atoms with Crippen LogP contribution in [-0.4, -0.2) is 11.9 Å². The summed E-state index contributed by atoms with van der Waals surface area (Å²) in [6.45, 7) is 1.87. The Labute approximate surface area is 118 Å². The van der Waals surface area contributed by atoms with Crippen molar-refractivity contribution >= 4 is 11.5 Å². The molecule has 0 spiro atoms. The second-order valence-electron chi connectivity index (χ2n) is 5.19. The second kappa shape index (κ2) is 5.00. The molecule has 0 amide bonds. The minimum absolute atomic E-state index is 0.00669. The minimum Gasteiger partial charge on any atom is -0.490 e. The average Bonchev–Trinajstić information content (AvgIpc) is 3.26. The molecule has 0 bridgehead atoms. The number of benzene rings is 2. The van der Waals surface area contributed by atoms with Crippen LogP contribution < -0.4 is 10.5 Å². The summed E-state index contributed by atoms with van der Waals surface area (Å²) in [5, 5.41) is 0. The van der Waals surface area contributed by atoms with Gasteiger partial charge in [0.1, 0.15) is 5.75 Å². The molecule has 0 heterocycles. The fourth-order valence-corrected chi connectivity index (χ4v) is 2.12. The van der Waals surface area contributed by atoms with E-state index < -0.39 is 0 Å². The van der Waals surface area contributed by atoms with Gasteiger partial charge in [-0.3, -0.25) is 4.79 Å². The summed E-state index contributed by atoms with van der Waals surface area (Å²) >= 11 is 0. The van der Waals surface area contributed by atoms with Gasteiger partial charge in [0.2, 0.25) is 0 Å². The molecule has 20 heavy (non-hydrogen) atoms. The maximum Gasteiger partial charge on any atom is 0.193 e. The first-order chi connectivity index (χ1) is 9.65. The monoisotopic (exact) mass is 267 g/mol. The largest absolute Gasteiger partial charge is 0.490 e. The molecule has 0 saturated heterocycles. The highest BCUT2D eigenvalue weighted by molar-refractivity contribution is 6.10. The van der Waals surface area contributed by atoms with Crippen molar-refractivity contribution in [1.82, 2.24) is 0 Å². The summed E-state index contributed by atoms with van der Waals surface area (Å²) in [7, 11) is 0. The molecular formula is C17H17NO2. The van der Waals surface area contributed by atoms with Crippen molar-refractivity contribution in [2.75, 3.05) is 5.73 Å². The van der Waals surface area contributed by atoms with Crippen LogP contribution in [0, 0.1) is 6.92 Å². The smallest absolute Gasteiger partial charge is 0.193 e. The van der Waals surface area contributed by atoms with E-state index >= 15 is 0 Å². The van der Waals surface area contributed by atoms with Gasteiger partial charge in [0.05, 0.1) is 6.10 Å². The minimum atomic E-state index is -0.00669. The van der Waals surface area contributed by atoms with Crippen molar-refractivity contribution in [3.63, 3.8) is 0 Å². The number of anilines is 1. The molecule has 3 rings (SSSR count). The van der Waals surface area contributed by atoms with Gasteiger partial charge in [-0.2, -0.15) is 0 Å². The van der Waals surface area contributed by atoms with Gasteiger partial charge in [0, 0.05) is 16.8 Å². The zero-order valence-electron chi connectivity index (χ0n) is 11.4. The molecule has 0 unspecified atom stereocenters. The van der Waals surface area contributed by atoms with Crippen molar-refractivity contribution in [2.24, 2.45) is 0 Å². The molecule has 0 aliphatic heterocycles. The van der Waals surface area contributed by atoms with Crippen molar-refractivity contribution in [3.8, 4) is 5.75 Å². The van der Waals surface area contributed by atoms with Crippen LogP contribution in [0.3, 0.4) is 0 Å². The Kier molecular flexibility index (Phi) is 3.18. The van der Waals surface area contributed by atoms with E-state index in [9.17, 15) is 4.79 Å². The van der Waals surface area contributed by atoms with Crippen LogP contribution in [0.5, 0.6) is 5.75 Å². The Morgan fingerprint density at radius 1 is 1.15 bits per heavy atom. The van der Waals surface area contributed by atoms with E-state index in [1.807, 2.05) is 37.3 Å². The summed E-state index contributed by atoms with van der Waals surface area (Å²) in [5.74, 6) is 0.820. The molecule has 2 N–H and O–H groups in total. The third-order valence-electron chi connectivity index (χ3n) is 3.56. The topological polar surface area (TPSA) is 52.3 Å². The van der Waals surface area contributed by atoms with E-state index in [4.69, 9.17) is 10.5 Å². The fraction of sp³-hybridized carbons (Fsp3) is 0.235. The van der Waals surface area contributed by atoms with E-state index in [1.165, 1.54) is 0 Å². The number of carbonyl (C=O) groups is 1. The summed E-state index contributed by atoms with van der Waals surface area (Å²) < 4.78 is 5.68. The number of nitrogens with two attached hydrogens (primary N) is 1. The Morgan fingerprint density at radius 3 is 2.50 bits per heavy atom. The van der Waals surface area contributed by atoms with Crippen LogP contribution in [0.4, 0.5) is 5.69 Å². The highest BCUT2D eigenvalue weighted by Gasteiger charge is 2.23. The van der Waals surface area contributed by atoms with Gasteiger partial charge in [-0.05, 0) is 55.7 Å². The van der Waals surface area contributed by atoms with Crippen LogP contribution in [0.2, 0.25) is 0 Å². The van der Waals surface area contributed by atoms with Crippen molar-refractivity contribution < 1.29 is 9.53 Å². The number of rotatable bonds is 4. The Morgan fingerprint density at radius 2 is 1.85 bits per heavy atom. The molecule has 3 heteroatoms. The number of ketones is 1. The van der Waals surface area contributed by atoms with E-state index in [1.54, 1.807) is 12.1 Å². The molecule has 3 nitrogen and oxygen atoms in total. The molecule has 0 radical (unpaired) electrons. The normalized spacial score (nSPS) is 14.1. The van der Waals surface area contributed by atoms with Gasteiger partial charge in [-0.1, -0.05) is 12.1 Å². The number of hydrogen-bond acceptors (Lipinski definition) is 3. The molecule has 1 aliphatic rings. The molecule has 2 aromatic rings. The van der Waals surface area contributed by atoms with Gasteiger partial charge in [0.25, 0.3) is 0 Å². The molecule has 1 fully saturated rings. The highest BCUT2D eigenvalue weighted by atomic mass is 16.5. The lowest BCUT2D eigenvalue weighted by atomic mass is 9.98. The quantitative estimate of drug-likeness (QED) is 0.682. The Balaban J connectivity index is 1.84. The first kappa shape index (κ1) is 12.7. The van der Waals surface area contributed by atoms with Gasteiger partial charge >= 0.3 is 0 Å². The van der Waals surface area contributed by atoms with Crippen molar-refractivity contribution in [3.05, 3.63) is 59.2 Å². The van der Waals surface area contributed by atoms with Gasteiger partial charge in [-0.15, -0.1) is 0 Å². The Bertz CT molecular complexity index is 643. The Hall–Kier alpha value is -2.29. The second-order valence-corrected chi connectivity index (χ2v) is 5.19. The summed E-state index contributed by atoms with van der Waals surface area (Å²) in [5.41, 5.74) is 8.63. The third kappa shape index (κ3) is 2.52. The first-order valence-corrected chi connectivity index (χ1v) is 6.81. The molecule has 0 aromatic heterocycles. The van der Waals surface area contributed by atoms with Crippen LogP contribution in [0.1, 0.15) is 34.3 Å². The number of carbonyl (C=O) groups excluding carboxylic acids is 1. The van der Waals surface area contributed by atoms with E-state index in [0.717, 1.165) is 24.2 Å². The molecule has 1 aliphatic carbocycles. The number of nitrogen functional groups attached to an aromatic ring is 1. The number of hydrogen-bond donors (Lipinski definition) is 1. The van der Waals surface area contributed by atoms with E-state index in [-0.39, 0.29) is 5.78 Å². The average molecular weight is 267 g/mol. The predicted octanol–water partition coefficient (Wildman–Crippen LogP) is 3.35. The van der Waals surface area contributed by atoms with Gasteiger partial charge in [-0.25, -0.2) is 0 Å². The molecule has 2 aromatic carbocycles. The SMILES string of the molecule is Cc1c(N)cccc1C(=O)c1ccc(OC2CC2)cc1. The molecule has 1 saturated carbocycles. The van der Waals surface area contributed by atoms with Gasteiger partial charge in [0.15, 0.2) is 5.78 Å². The summed E-state index contributed by atoms with van der Waals surface area (Å²) in [6.07, 6.45) is 2.62. The maximum absolute atomic E-state index is 12.5. The lowest BCUT2D eigenvalue weighted by molar-refractivity contribution is 0.103. The molecular weight excluding hydrogens is 250 g/mol. The van der Waals surface area contributed by atoms with Crippen molar-refractivity contribution in [1.29, 1.82) is 0 Å². The van der Waals surface area contributed by atoms with Crippen LogP contribution in [0.15, 0.2) is 42.5 Å².